The minimum absolute atomic E-state index is 0.183. The van der Waals surface area contributed by atoms with Crippen LogP contribution in [0.15, 0.2) is 60.7 Å². The second kappa shape index (κ2) is 4.97. The van der Waals surface area contributed by atoms with Crippen LogP contribution in [0.4, 0.5) is 0 Å². The molecule has 90 valence electrons. The van der Waals surface area contributed by atoms with Crippen LogP contribution in [0.2, 0.25) is 5.02 Å². The van der Waals surface area contributed by atoms with Crippen LogP contribution in [0, 0.1) is 0 Å². The third-order valence-electron chi connectivity index (χ3n) is 3.00. The molecule has 1 saturated heterocycles. The second-order valence-electron chi connectivity index (χ2n) is 4.34. The Kier molecular flexibility index (Phi) is 3.18. The molecule has 3 rings (SSSR count). The van der Waals surface area contributed by atoms with Gasteiger partial charge in [-0.2, -0.15) is 0 Å². The summed E-state index contributed by atoms with van der Waals surface area (Å²) in [6.07, 6.45) is 4.57. The van der Waals surface area contributed by atoms with Crippen molar-refractivity contribution in [1.82, 2.24) is 0 Å². The van der Waals surface area contributed by atoms with Crippen LogP contribution in [0.25, 0.3) is 6.08 Å². The maximum Gasteiger partial charge on any atom is 0.113 e. The molecule has 0 saturated carbocycles. The van der Waals surface area contributed by atoms with Crippen molar-refractivity contribution in [2.75, 3.05) is 0 Å². The summed E-state index contributed by atoms with van der Waals surface area (Å²) in [5.74, 6) is 0. The standard InChI is InChI=1S/C16H13ClO/c17-14-9-7-13(8-10-14)16-15(18-16)11-6-12-4-2-1-3-5-12/h1-11,15-16H/b11-6+/t15-,16-/m1/s1. The topological polar surface area (TPSA) is 12.5 Å². The maximum atomic E-state index is 5.86. The normalized spacial score (nSPS) is 22.3. The Bertz CT molecular complexity index is 545. The third kappa shape index (κ3) is 2.63. The van der Waals surface area contributed by atoms with Crippen LogP contribution in [0.3, 0.4) is 0 Å². The summed E-state index contributed by atoms with van der Waals surface area (Å²) >= 11 is 5.86. The molecule has 0 aromatic heterocycles. The largest absolute Gasteiger partial charge is 0.360 e. The van der Waals surface area contributed by atoms with Crippen LogP contribution in [-0.2, 0) is 4.74 Å². The lowest BCUT2D eigenvalue weighted by Gasteiger charge is -1.94. The molecule has 0 spiro atoms. The van der Waals surface area contributed by atoms with E-state index < -0.39 is 0 Å². The Morgan fingerprint density at radius 1 is 0.944 bits per heavy atom. The van der Waals surface area contributed by atoms with Gasteiger partial charge in [-0.3, -0.25) is 0 Å². The molecule has 1 nitrogen and oxygen atoms in total. The van der Waals surface area contributed by atoms with Crippen LogP contribution < -0.4 is 0 Å². The fraction of sp³-hybridized carbons (Fsp3) is 0.125. The minimum Gasteiger partial charge on any atom is -0.360 e. The van der Waals surface area contributed by atoms with Gasteiger partial charge in [0.1, 0.15) is 12.2 Å². The molecule has 1 fully saturated rings. The van der Waals surface area contributed by atoms with E-state index in [1.54, 1.807) is 0 Å². The molecular weight excluding hydrogens is 244 g/mol. The maximum absolute atomic E-state index is 5.86. The SMILES string of the molecule is Clc1ccc([C@H]2O[C@@H]2/C=C/c2ccccc2)cc1. The van der Waals surface area contributed by atoms with Crippen molar-refractivity contribution >= 4 is 17.7 Å². The van der Waals surface area contributed by atoms with Gasteiger partial charge in [-0.05, 0) is 23.3 Å². The molecule has 0 amide bonds. The highest BCUT2D eigenvalue weighted by atomic mass is 35.5. The van der Waals surface area contributed by atoms with E-state index in [1.807, 2.05) is 42.5 Å². The van der Waals surface area contributed by atoms with Crippen molar-refractivity contribution < 1.29 is 4.74 Å². The summed E-state index contributed by atoms with van der Waals surface area (Å²) in [7, 11) is 0. The van der Waals surface area contributed by atoms with Gasteiger partial charge in [-0.25, -0.2) is 0 Å². The first kappa shape index (κ1) is 11.5. The average molecular weight is 257 g/mol. The average Bonchev–Trinajstić information content (AvgIpc) is 3.18. The third-order valence-corrected chi connectivity index (χ3v) is 3.25. The number of benzene rings is 2. The fourth-order valence-corrected chi connectivity index (χ4v) is 2.09. The van der Waals surface area contributed by atoms with Gasteiger partial charge in [0.15, 0.2) is 0 Å². The van der Waals surface area contributed by atoms with Crippen molar-refractivity contribution in [3.8, 4) is 0 Å². The van der Waals surface area contributed by atoms with Gasteiger partial charge in [0.05, 0.1) is 0 Å². The Balaban J connectivity index is 1.65. The molecule has 0 radical (unpaired) electrons. The molecule has 1 aliphatic heterocycles. The van der Waals surface area contributed by atoms with E-state index in [2.05, 4.69) is 24.3 Å². The van der Waals surface area contributed by atoms with E-state index >= 15 is 0 Å². The summed E-state index contributed by atoms with van der Waals surface area (Å²) in [4.78, 5) is 0. The fourth-order valence-electron chi connectivity index (χ4n) is 1.96. The van der Waals surface area contributed by atoms with Gasteiger partial charge >= 0.3 is 0 Å². The van der Waals surface area contributed by atoms with Crippen molar-refractivity contribution in [3.05, 3.63) is 76.8 Å². The second-order valence-corrected chi connectivity index (χ2v) is 4.78. The van der Waals surface area contributed by atoms with Gasteiger partial charge in [0.25, 0.3) is 0 Å². The molecule has 0 unspecified atom stereocenters. The lowest BCUT2D eigenvalue weighted by atomic mass is 10.1. The summed E-state index contributed by atoms with van der Waals surface area (Å²) < 4.78 is 5.63. The Morgan fingerprint density at radius 2 is 1.67 bits per heavy atom. The zero-order valence-electron chi connectivity index (χ0n) is 9.79. The first-order valence-electron chi connectivity index (χ1n) is 5.97. The first-order chi connectivity index (χ1) is 8.83. The van der Waals surface area contributed by atoms with Crippen molar-refractivity contribution in [2.24, 2.45) is 0 Å². The van der Waals surface area contributed by atoms with Crippen molar-refractivity contribution in [3.63, 3.8) is 0 Å². The van der Waals surface area contributed by atoms with Gasteiger partial charge in [-0.1, -0.05) is 66.2 Å². The van der Waals surface area contributed by atoms with Gasteiger partial charge in [0.2, 0.25) is 0 Å². The minimum atomic E-state index is 0.183. The molecule has 2 atom stereocenters. The molecule has 2 aromatic rings. The highest BCUT2D eigenvalue weighted by molar-refractivity contribution is 6.30. The van der Waals surface area contributed by atoms with E-state index in [-0.39, 0.29) is 12.2 Å². The van der Waals surface area contributed by atoms with Crippen molar-refractivity contribution in [1.29, 1.82) is 0 Å². The van der Waals surface area contributed by atoms with E-state index in [9.17, 15) is 0 Å². The van der Waals surface area contributed by atoms with Crippen LogP contribution in [0.5, 0.6) is 0 Å². The number of ether oxygens (including phenoxy) is 1. The smallest absolute Gasteiger partial charge is 0.113 e. The molecule has 1 aliphatic rings. The molecule has 0 N–H and O–H groups in total. The van der Waals surface area contributed by atoms with Gasteiger partial charge in [0, 0.05) is 5.02 Å². The lowest BCUT2D eigenvalue weighted by molar-refractivity contribution is 0.394. The zero-order valence-corrected chi connectivity index (χ0v) is 10.5. The van der Waals surface area contributed by atoms with Crippen LogP contribution in [0.1, 0.15) is 17.2 Å². The van der Waals surface area contributed by atoms with Crippen LogP contribution in [-0.4, -0.2) is 6.10 Å². The number of epoxide rings is 1. The predicted octanol–water partition coefficient (Wildman–Crippen LogP) is 4.49. The molecular formula is C16H13ClO. The number of hydrogen-bond acceptors (Lipinski definition) is 1. The highest BCUT2D eigenvalue weighted by Crippen LogP contribution is 2.40. The Morgan fingerprint density at radius 3 is 2.39 bits per heavy atom. The monoisotopic (exact) mass is 256 g/mol. The van der Waals surface area contributed by atoms with Crippen LogP contribution >= 0.6 is 11.6 Å². The highest BCUT2D eigenvalue weighted by Gasteiger charge is 2.37. The summed E-state index contributed by atoms with van der Waals surface area (Å²) in [5.41, 5.74) is 2.38. The first-order valence-corrected chi connectivity index (χ1v) is 6.35. The number of hydrogen-bond donors (Lipinski definition) is 0. The van der Waals surface area contributed by atoms with E-state index in [4.69, 9.17) is 16.3 Å². The van der Waals surface area contributed by atoms with E-state index in [0.717, 1.165) is 5.02 Å². The molecule has 18 heavy (non-hydrogen) atoms. The molecule has 2 heteroatoms. The Labute approximate surface area is 112 Å². The number of halogens is 1. The molecule has 0 bridgehead atoms. The van der Waals surface area contributed by atoms with Gasteiger partial charge in [-0.15, -0.1) is 0 Å². The molecule has 2 aromatic carbocycles. The molecule has 1 heterocycles. The van der Waals surface area contributed by atoms with Crippen molar-refractivity contribution in [2.45, 2.75) is 12.2 Å². The molecule has 0 aliphatic carbocycles. The van der Waals surface area contributed by atoms with E-state index in [0.29, 0.717) is 0 Å². The predicted molar refractivity (Wildman–Crippen MR) is 74.5 cm³/mol. The quantitative estimate of drug-likeness (QED) is 0.737. The number of rotatable bonds is 3. The summed E-state index contributed by atoms with van der Waals surface area (Å²) in [6.45, 7) is 0. The lowest BCUT2D eigenvalue weighted by Crippen LogP contribution is -1.84. The Hall–Kier alpha value is -1.57. The van der Waals surface area contributed by atoms with E-state index in [1.165, 1.54) is 11.1 Å². The van der Waals surface area contributed by atoms with Gasteiger partial charge < -0.3 is 4.74 Å². The zero-order chi connectivity index (χ0) is 12.4. The summed E-state index contributed by atoms with van der Waals surface area (Å²) in [5, 5.41) is 0.760. The summed E-state index contributed by atoms with van der Waals surface area (Å²) in [6, 6.07) is 18.1.